The zero-order valence-corrected chi connectivity index (χ0v) is 11.3. The van der Waals surface area contributed by atoms with Crippen molar-refractivity contribution in [3.05, 3.63) is 51.7 Å². The van der Waals surface area contributed by atoms with Gasteiger partial charge in [0, 0.05) is 15.4 Å². The molecule has 1 atom stereocenters. The van der Waals surface area contributed by atoms with Crippen LogP contribution in [0.1, 0.15) is 21.4 Å². The summed E-state index contributed by atoms with van der Waals surface area (Å²) in [5.74, 6) is -0.363. The zero-order chi connectivity index (χ0) is 13.1. The minimum atomic E-state index is -0.467. The Morgan fingerprint density at radius 3 is 2.61 bits per heavy atom. The van der Waals surface area contributed by atoms with Gasteiger partial charge in [-0.15, -0.1) is 11.3 Å². The highest BCUT2D eigenvalue weighted by molar-refractivity contribution is 7.12. The molecule has 2 aromatic rings. The molecule has 0 radical (unpaired) electrons. The number of carbonyl (C=O) groups is 1. The molecule has 1 unspecified atom stereocenters. The van der Waals surface area contributed by atoms with Crippen molar-refractivity contribution in [2.24, 2.45) is 5.73 Å². The summed E-state index contributed by atoms with van der Waals surface area (Å²) in [6.07, 6.45) is 0. The minimum absolute atomic E-state index is 0.363. The molecule has 1 aromatic carbocycles. The Balaban J connectivity index is 2.24. The molecule has 4 heteroatoms. The van der Waals surface area contributed by atoms with E-state index in [0.717, 1.165) is 16.1 Å². The van der Waals surface area contributed by atoms with E-state index in [1.807, 2.05) is 50.2 Å². The average Bonchev–Trinajstić information content (AvgIpc) is 2.72. The van der Waals surface area contributed by atoms with E-state index in [1.165, 1.54) is 4.88 Å². The number of anilines is 1. The molecule has 94 valence electrons. The molecule has 1 amide bonds. The molecule has 0 aliphatic rings. The topological polar surface area (TPSA) is 55.1 Å². The van der Waals surface area contributed by atoms with Crippen LogP contribution in [0.3, 0.4) is 0 Å². The number of primary amides is 1. The van der Waals surface area contributed by atoms with Gasteiger partial charge in [-0.25, -0.2) is 0 Å². The molecule has 18 heavy (non-hydrogen) atoms. The van der Waals surface area contributed by atoms with E-state index >= 15 is 0 Å². The smallest absolute Gasteiger partial charge is 0.245 e. The highest BCUT2D eigenvalue weighted by Crippen LogP contribution is 2.26. The molecule has 3 nitrogen and oxygen atoms in total. The van der Waals surface area contributed by atoms with E-state index in [-0.39, 0.29) is 5.91 Å². The van der Waals surface area contributed by atoms with Crippen LogP contribution in [0.25, 0.3) is 0 Å². The van der Waals surface area contributed by atoms with E-state index in [9.17, 15) is 4.79 Å². The van der Waals surface area contributed by atoms with Crippen LogP contribution >= 0.6 is 11.3 Å². The minimum Gasteiger partial charge on any atom is -0.369 e. The molecule has 3 N–H and O–H groups in total. The summed E-state index contributed by atoms with van der Waals surface area (Å²) >= 11 is 1.58. The Hall–Kier alpha value is -1.81. The number of amides is 1. The Kier molecular flexibility index (Phi) is 3.67. The number of rotatable bonds is 4. The van der Waals surface area contributed by atoms with E-state index in [4.69, 9.17) is 5.73 Å². The van der Waals surface area contributed by atoms with Gasteiger partial charge in [-0.05, 0) is 43.7 Å². The lowest BCUT2D eigenvalue weighted by Gasteiger charge is -2.15. The Morgan fingerprint density at radius 2 is 2.06 bits per heavy atom. The summed E-state index contributed by atoms with van der Waals surface area (Å²) in [7, 11) is 0. The van der Waals surface area contributed by atoms with Crippen molar-refractivity contribution in [3.8, 4) is 0 Å². The predicted octanol–water partition coefficient (Wildman–Crippen LogP) is 3.00. The molecule has 0 bridgehead atoms. The van der Waals surface area contributed by atoms with E-state index in [1.54, 1.807) is 11.3 Å². The van der Waals surface area contributed by atoms with Gasteiger partial charge in [0.05, 0.1) is 0 Å². The number of thiophene rings is 1. The van der Waals surface area contributed by atoms with Crippen molar-refractivity contribution in [3.63, 3.8) is 0 Å². The predicted molar refractivity (Wildman–Crippen MR) is 75.8 cm³/mol. The molecular formula is C14H16N2OS. The summed E-state index contributed by atoms with van der Waals surface area (Å²) in [4.78, 5) is 13.7. The van der Waals surface area contributed by atoms with E-state index in [0.29, 0.717) is 0 Å². The first-order valence-corrected chi connectivity index (χ1v) is 6.57. The van der Waals surface area contributed by atoms with Crippen molar-refractivity contribution in [2.45, 2.75) is 19.9 Å². The number of hydrogen-bond acceptors (Lipinski definition) is 3. The fraction of sp³-hybridized carbons (Fsp3) is 0.214. The first-order chi connectivity index (χ1) is 8.56. The van der Waals surface area contributed by atoms with Crippen LogP contribution < -0.4 is 11.1 Å². The Morgan fingerprint density at radius 1 is 1.28 bits per heavy atom. The van der Waals surface area contributed by atoms with Gasteiger partial charge >= 0.3 is 0 Å². The second kappa shape index (κ2) is 5.23. The fourth-order valence-electron chi connectivity index (χ4n) is 1.79. The van der Waals surface area contributed by atoms with Crippen molar-refractivity contribution in [1.82, 2.24) is 0 Å². The van der Waals surface area contributed by atoms with Crippen molar-refractivity contribution >= 4 is 22.9 Å². The van der Waals surface area contributed by atoms with Gasteiger partial charge in [0.15, 0.2) is 0 Å². The van der Waals surface area contributed by atoms with Gasteiger partial charge in [-0.3, -0.25) is 4.79 Å². The van der Waals surface area contributed by atoms with Crippen molar-refractivity contribution in [1.29, 1.82) is 0 Å². The molecule has 0 saturated heterocycles. The molecule has 0 saturated carbocycles. The van der Waals surface area contributed by atoms with E-state index in [2.05, 4.69) is 5.32 Å². The maximum absolute atomic E-state index is 11.6. The van der Waals surface area contributed by atoms with Crippen LogP contribution in [0, 0.1) is 13.8 Å². The van der Waals surface area contributed by atoms with Crippen LogP contribution in [0.5, 0.6) is 0 Å². The summed E-state index contributed by atoms with van der Waals surface area (Å²) in [5, 5.41) is 3.18. The van der Waals surface area contributed by atoms with Crippen LogP contribution in [-0.2, 0) is 4.79 Å². The van der Waals surface area contributed by atoms with Crippen molar-refractivity contribution in [2.75, 3.05) is 5.32 Å². The largest absolute Gasteiger partial charge is 0.369 e. The van der Waals surface area contributed by atoms with Crippen molar-refractivity contribution < 1.29 is 4.79 Å². The van der Waals surface area contributed by atoms with Gasteiger partial charge < -0.3 is 11.1 Å². The third kappa shape index (κ3) is 2.90. The van der Waals surface area contributed by atoms with Crippen LogP contribution in [0.15, 0.2) is 36.4 Å². The number of hydrogen-bond donors (Lipinski definition) is 2. The van der Waals surface area contributed by atoms with Gasteiger partial charge in [0.25, 0.3) is 0 Å². The average molecular weight is 260 g/mol. The second-order valence-electron chi connectivity index (χ2n) is 4.30. The zero-order valence-electron chi connectivity index (χ0n) is 10.4. The number of nitrogens with two attached hydrogens (primary N) is 1. The normalized spacial score (nSPS) is 12.1. The molecular weight excluding hydrogens is 244 g/mol. The first kappa shape index (κ1) is 12.6. The highest BCUT2D eigenvalue weighted by Gasteiger charge is 2.19. The third-order valence-electron chi connectivity index (χ3n) is 2.66. The number of carbonyl (C=O) groups excluding carboxylic acids is 1. The number of benzene rings is 1. The van der Waals surface area contributed by atoms with Gasteiger partial charge in [0.2, 0.25) is 5.91 Å². The Bertz CT molecular complexity index is 562. The molecule has 0 aliphatic heterocycles. The lowest BCUT2D eigenvalue weighted by atomic mass is 10.2. The molecule has 0 fully saturated rings. The SMILES string of the molecule is Cc1cccc(NC(C(N)=O)c2ccc(C)s2)c1. The maximum atomic E-state index is 11.6. The molecule has 1 heterocycles. The van der Waals surface area contributed by atoms with Crippen LogP contribution in [0.2, 0.25) is 0 Å². The first-order valence-electron chi connectivity index (χ1n) is 5.75. The molecule has 1 aromatic heterocycles. The highest BCUT2D eigenvalue weighted by atomic mass is 32.1. The molecule has 0 spiro atoms. The summed E-state index contributed by atoms with van der Waals surface area (Å²) in [6.45, 7) is 4.03. The van der Waals surface area contributed by atoms with Gasteiger partial charge in [0.1, 0.15) is 6.04 Å². The van der Waals surface area contributed by atoms with Gasteiger partial charge in [-0.2, -0.15) is 0 Å². The third-order valence-corrected chi connectivity index (χ3v) is 3.72. The lowest BCUT2D eigenvalue weighted by molar-refractivity contribution is -0.118. The number of nitrogens with one attached hydrogen (secondary N) is 1. The standard InChI is InChI=1S/C14H16N2OS/c1-9-4-3-5-11(8-9)16-13(14(15)17)12-7-6-10(2)18-12/h3-8,13,16H,1-2H3,(H2,15,17). The molecule has 2 rings (SSSR count). The summed E-state index contributed by atoms with van der Waals surface area (Å²) < 4.78 is 0. The van der Waals surface area contributed by atoms with Crippen LogP contribution in [-0.4, -0.2) is 5.91 Å². The quantitative estimate of drug-likeness (QED) is 0.888. The maximum Gasteiger partial charge on any atom is 0.245 e. The van der Waals surface area contributed by atoms with Crippen LogP contribution in [0.4, 0.5) is 5.69 Å². The van der Waals surface area contributed by atoms with Gasteiger partial charge in [-0.1, -0.05) is 12.1 Å². The lowest BCUT2D eigenvalue weighted by Crippen LogP contribution is -2.27. The number of aryl methyl sites for hydroxylation is 2. The van der Waals surface area contributed by atoms with E-state index < -0.39 is 6.04 Å². The monoisotopic (exact) mass is 260 g/mol. The second-order valence-corrected chi connectivity index (χ2v) is 5.62. The Labute approximate surface area is 111 Å². The molecule has 0 aliphatic carbocycles. The fourth-order valence-corrected chi connectivity index (χ4v) is 2.73. The summed E-state index contributed by atoms with van der Waals surface area (Å²) in [5.41, 5.74) is 7.52. The summed E-state index contributed by atoms with van der Waals surface area (Å²) in [6, 6.07) is 11.4.